The molecular formula is C11H6F6N2O2. The van der Waals surface area contributed by atoms with Crippen LogP contribution in [-0.4, -0.2) is 12.3 Å². The Morgan fingerprint density at radius 2 is 1.86 bits per heavy atom. The molecule has 1 N–H and O–H groups in total. The molecule has 0 spiro atoms. The number of nitrogens with zero attached hydrogens (tertiary/aromatic N) is 1. The van der Waals surface area contributed by atoms with Crippen LogP contribution < -0.4 is 10.1 Å². The number of benzene rings is 1. The Bertz CT molecular complexity index is 574. The van der Waals surface area contributed by atoms with Crippen molar-refractivity contribution in [2.75, 3.05) is 5.32 Å². The second-order valence-electron chi connectivity index (χ2n) is 3.64. The maximum atomic E-state index is 12.7. The maximum absolute atomic E-state index is 12.7. The number of carbonyl (C=O) groups is 1. The SMILES string of the molecule is N#CCC(=O)Nc1ccc(OC(F)(F)F)cc1C(F)(F)F. The molecule has 21 heavy (non-hydrogen) atoms. The molecule has 1 amide bonds. The van der Waals surface area contributed by atoms with Crippen LogP contribution in [-0.2, 0) is 11.0 Å². The number of anilines is 1. The number of nitrogens with one attached hydrogen (secondary N) is 1. The van der Waals surface area contributed by atoms with Crippen LogP contribution in [0.2, 0.25) is 0 Å². The summed E-state index contributed by atoms with van der Waals surface area (Å²) in [6.07, 6.45) is -10.9. The summed E-state index contributed by atoms with van der Waals surface area (Å²) < 4.78 is 77.5. The Kier molecular flexibility index (Phi) is 4.67. The minimum Gasteiger partial charge on any atom is -0.406 e. The van der Waals surface area contributed by atoms with Gasteiger partial charge in [0.05, 0.1) is 17.3 Å². The van der Waals surface area contributed by atoms with Crippen molar-refractivity contribution in [2.45, 2.75) is 19.0 Å². The highest BCUT2D eigenvalue weighted by Gasteiger charge is 2.36. The molecule has 0 aromatic heterocycles. The topological polar surface area (TPSA) is 62.1 Å². The molecule has 1 aromatic rings. The smallest absolute Gasteiger partial charge is 0.406 e. The average molecular weight is 312 g/mol. The Morgan fingerprint density at radius 3 is 2.33 bits per heavy atom. The van der Waals surface area contributed by atoms with Crippen LogP contribution in [0.15, 0.2) is 18.2 Å². The predicted molar refractivity (Wildman–Crippen MR) is 57.0 cm³/mol. The summed E-state index contributed by atoms with van der Waals surface area (Å²) in [5.74, 6) is -2.10. The third-order valence-corrected chi connectivity index (χ3v) is 2.04. The summed E-state index contributed by atoms with van der Waals surface area (Å²) in [7, 11) is 0. The fourth-order valence-corrected chi connectivity index (χ4v) is 1.33. The summed E-state index contributed by atoms with van der Waals surface area (Å²) >= 11 is 0. The van der Waals surface area contributed by atoms with E-state index < -0.39 is 41.9 Å². The van der Waals surface area contributed by atoms with Gasteiger partial charge in [-0.25, -0.2) is 0 Å². The zero-order valence-corrected chi connectivity index (χ0v) is 9.97. The van der Waals surface area contributed by atoms with Gasteiger partial charge in [-0.3, -0.25) is 4.79 Å². The van der Waals surface area contributed by atoms with Crippen LogP contribution in [0.3, 0.4) is 0 Å². The van der Waals surface area contributed by atoms with Crippen molar-refractivity contribution in [2.24, 2.45) is 0 Å². The van der Waals surface area contributed by atoms with Gasteiger partial charge in [-0.15, -0.1) is 13.2 Å². The fraction of sp³-hybridized carbons (Fsp3) is 0.273. The quantitative estimate of drug-likeness (QED) is 0.870. The Morgan fingerprint density at radius 1 is 1.24 bits per heavy atom. The van der Waals surface area contributed by atoms with Crippen molar-refractivity contribution in [1.82, 2.24) is 0 Å². The van der Waals surface area contributed by atoms with E-state index in [4.69, 9.17) is 5.26 Å². The van der Waals surface area contributed by atoms with Gasteiger partial charge < -0.3 is 10.1 Å². The molecule has 0 aliphatic heterocycles. The van der Waals surface area contributed by atoms with Gasteiger partial charge in [0, 0.05) is 0 Å². The van der Waals surface area contributed by atoms with Crippen LogP contribution in [0.25, 0.3) is 0 Å². The minimum absolute atomic E-state index is 0.107. The van der Waals surface area contributed by atoms with Gasteiger partial charge >= 0.3 is 12.5 Å². The van der Waals surface area contributed by atoms with Gasteiger partial charge in [-0.1, -0.05) is 0 Å². The van der Waals surface area contributed by atoms with Gasteiger partial charge in [0.2, 0.25) is 5.91 Å². The highest BCUT2D eigenvalue weighted by molar-refractivity contribution is 5.93. The summed E-state index contributed by atoms with van der Waals surface area (Å²) in [6, 6.07) is 2.75. The van der Waals surface area contributed by atoms with E-state index in [9.17, 15) is 31.1 Å². The molecule has 0 saturated heterocycles. The predicted octanol–water partition coefficient (Wildman–Crippen LogP) is 3.46. The number of nitriles is 1. The molecule has 1 aromatic carbocycles. The molecule has 0 saturated carbocycles. The van der Waals surface area contributed by atoms with E-state index >= 15 is 0 Å². The first kappa shape index (κ1) is 16.6. The van der Waals surface area contributed by atoms with Crippen LogP contribution in [0.4, 0.5) is 32.0 Å². The number of hydrogen-bond acceptors (Lipinski definition) is 3. The standard InChI is InChI=1S/C11H6F6N2O2/c12-10(13,14)7-5-6(21-11(15,16)17)1-2-8(7)19-9(20)3-4-18/h1-2,5H,3H2,(H,19,20). The van der Waals surface area contributed by atoms with Gasteiger partial charge in [-0.2, -0.15) is 18.4 Å². The molecular weight excluding hydrogens is 306 g/mol. The Balaban J connectivity index is 3.15. The first-order chi connectivity index (χ1) is 9.53. The molecule has 0 unspecified atom stereocenters. The lowest BCUT2D eigenvalue weighted by molar-refractivity contribution is -0.274. The first-order valence-electron chi connectivity index (χ1n) is 5.17. The number of carbonyl (C=O) groups excluding carboxylic acids is 1. The number of halogens is 6. The van der Waals surface area contributed by atoms with Gasteiger partial charge in [-0.05, 0) is 18.2 Å². The molecule has 0 atom stereocenters. The van der Waals surface area contributed by atoms with Crippen LogP contribution >= 0.6 is 0 Å². The summed E-state index contributed by atoms with van der Waals surface area (Å²) in [5.41, 5.74) is -2.28. The third kappa shape index (κ3) is 5.21. The highest BCUT2D eigenvalue weighted by atomic mass is 19.4. The Labute approximate surface area is 113 Å². The number of amides is 1. The molecule has 4 nitrogen and oxygen atoms in total. The lowest BCUT2D eigenvalue weighted by Crippen LogP contribution is -2.19. The summed E-state index contributed by atoms with van der Waals surface area (Å²) in [5, 5.41) is 10.0. The van der Waals surface area contributed by atoms with E-state index in [0.29, 0.717) is 12.1 Å². The zero-order chi connectivity index (χ0) is 16.3. The minimum atomic E-state index is -5.14. The number of hydrogen-bond donors (Lipinski definition) is 1. The average Bonchev–Trinajstić information content (AvgIpc) is 2.28. The van der Waals surface area contributed by atoms with E-state index in [-0.39, 0.29) is 6.07 Å². The van der Waals surface area contributed by atoms with Crippen molar-refractivity contribution in [1.29, 1.82) is 5.26 Å². The summed E-state index contributed by atoms with van der Waals surface area (Å²) in [4.78, 5) is 11.1. The molecule has 0 bridgehead atoms. The molecule has 0 fully saturated rings. The maximum Gasteiger partial charge on any atom is 0.573 e. The van der Waals surface area contributed by atoms with E-state index in [2.05, 4.69) is 4.74 Å². The van der Waals surface area contributed by atoms with E-state index in [1.165, 1.54) is 6.07 Å². The third-order valence-electron chi connectivity index (χ3n) is 2.04. The molecule has 10 heteroatoms. The molecule has 1 rings (SSSR count). The van der Waals surface area contributed by atoms with Crippen molar-refractivity contribution in [3.63, 3.8) is 0 Å². The molecule has 0 aliphatic carbocycles. The van der Waals surface area contributed by atoms with Gasteiger partial charge in [0.15, 0.2) is 0 Å². The van der Waals surface area contributed by atoms with Crippen LogP contribution in [0.1, 0.15) is 12.0 Å². The molecule has 0 radical (unpaired) electrons. The summed E-state index contributed by atoms with van der Waals surface area (Å²) in [6.45, 7) is 0. The van der Waals surface area contributed by atoms with E-state index in [1.807, 2.05) is 0 Å². The fourth-order valence-electron chi connectivity index (χ4n) is 1.33. The van der Waals surface area contributed by atoms with Crippen molar-refractivity contribution < 1.29 is 35.9 Å². The van der Waals surface area contributed by atoms with Gasteiger partial charge in [0.1, 0.15) is 12.2 Å². The van der Waals surface area contributed by atoms with Crippen molar-refractivity contribution >= 4 is 11.6 Å². The van der Waals surface area contributed by atoms with E-state index in [1.54, 1.807) is 5.32 Å². The lowest BCUT2D eigenvalue weighted by Gasteiger charge is -2.16. The number of alkyl halides is 6. The van der Waals surface area contributed by atoms with E-state index in [0.717, 1.165) is 0 Å². The monoisotopic (exact) mass is 312 g/mol. The van der Waals surface area contributed by atoms with Gasteiger partial charge in [0.25, 0.3) is 0 Å². The van der Waals surface area contributed by atoms with Crippen molar-refractivity contribution in [3.8, 4) is 11.8 Å². The molecule has 114 valence electrons. The first-order valence-corrected chi connectivity index (χ1v) is 5.17. The zero-order valence-electron chi connectivity index (χ0n) is 9.97. The van der Waals surface area contributed by atoms with Crippen LogP contribution in [0.5, 0.6) is 5.75 Å². The second kappa shape index (κ2) is 5.90. The number of rotatable bonds is 3. The Hall–Kier alpha value is -2.44. The molecule has 0 heterocycles. The van der Waals surface area contributed by atoms with Crippen molar-refractivity contribution in [3.05, 3.63) is 23.8 Å². The normalized spacial score (nSPS) is 11.7. The number of ether oxygens (including phenoxy) is 1. The lowest BCUT2D eigenvalue weighted by atomic mass is 10.1. The highest BCUT2D eigenvalue weighted by Crippen LogP contribution is 2.38. The largest absolute Gasteiger partial charge is 0.573 e. The second-order valence-corrected chi connectivity index (χ2v) is 3.64. The molecule has 0 aliphatic rings. The van der Waals surface area contributed by atoms with Crippen LogP contribution in [0, 0.1) is 11.3 Å².